The minimum atomic E-state index is -0.0748. The van der Waals surface area contributed by atoms with Crippen molar-refractivity contribution in [3.05, 3.63) is 36.5 Å². The number of rotatable bonds is 17. The lowest BCUT2D eigenvalue weighted by molar-refractivity contribution is -0.140. The van der Waals surface area contributed by atoms with E-state index < -0.39 is 0 Å². The number of esters is 1. The molecule has 2 heteroatoms. The van der Waals surface area contributed by atoms with Gasteiger partial charge in [0.15, 0.2) is 0 Å². The minimum Gasteiger partial charge on any atom is -0.469 e. The summed E-state index contributed by atoms with van der Waals surface area (Å²) in [5.41, 5.74) is 0. The average molecular weight is 349 g/mol. The molecule has 0 bridgehead atoms. The third kappa shape index (κ3) is 20.6. The Labute approximate surface area is 156 Å². The first-order valence-electron chi connectivity index (χ1n) is 10.3. The zero-order chi connectivity index (χ0) is 18.4. The molecule has 0 heterocycles. The van der Waals surface area contributed by atoms with Crippen LogP contribution >= 0.6 is 0 Å². The smallest absolute Gasteiger partial charge is 0.305 e. The molecule has 0 fully saturated rings. The van der Waals surface area contributed by atoms with Crippen molar-refractivity contribution in [1.29, 1.82) is 0 Å². The molecule has 0 N–H and O–H groups in total. The minimum absolute atomic E-state index is 0.0748. The van der Waals surface area contributed by atoms with Crippen LogP contribution in [0.25, 0.3) is 0 Å². The van der Waals surface area contributed by atoms with Crippen LogP contribution in [0, 0.1) is 0 Å². The number of unbranched alkanes of at least 4 members (excludes halogenated alkanes) is 9. The van der Waals surface area contributed by atoms with Gasteiger partial charge >= 0.3 is 5.97 Å². The average Bonchev–Trinajstić information content (AvgIpc) is 2.63. The molecular formula is C23H40O2. The molecule has 0 rings (SSSR count). The van der Waals surface area contributed by atoms with Crippen LogP contribution < -0.4 is 0 Å². The molecule has 2 nitrogen and oxygen atoms in total. The van der Waals surface area contributed by atoms with Crippen molar-refractivity contribution in [2.45, 2.75) is 96.8 Å². The summed E-state index contributed by atoms with van der Waals surface area (Å²) in [6, 6.07) is 0. The molecule has 0 radical (unpaired) electrons. The standard InChI is InChI=1S/C23H40O2/c1-3-4-5-6-7-8-9-10-11-12-13-14-15-16-17-18-19-20-21-22-23(24)25-2/h4-5,7-8,10-11H,3,6,9,12-22H2,1-2H3/b5-4+,8-7+,11-10+. The summed E-state index contributed by atoms with van der Waals surface area (Å²) < 4.78 is 4.64. The summed E-state index contributed by atoms with van der Waals surface area (Å²) >= 11 is 0. The third-order valence-electron chi connectivity index (χ3n) is 4.26. The fourth-order valence-electron chi connectivity index (χ4n) is 2.70. The summed E-state index contributed by atoms with van der Waals surface area (Å²) in [6.45, 7) is 2.17. The Kier molecular flexibility index (Phi) is 19.6. The summed E-state index contributed by atoms with van der Waals surface area (Å²) in [4.78, 5) is 11.0. The lowest BCUT2D eigenvalue weighted by atomic mass is 10.1. The Morgan fingerprint density at radius 3 is 1.72 bits per heavy atom. The van der Waals surface area contributed by atoms with Gasteiger partial charge in [-0.25, -0.2) is 0 Å². The van der Waals surface area contributed by atoms with Gasteiger partial charge in [0.2, 0.25) is 0 Å². The molecule has 25 heavy (non-hydrogen) atoms. The maximum Gasteiger partial charge on any atom is 0.305 e. The zero-order valence-electron chi connectivity index (χ0n) is 16.7. The van der Waals surface area contributed by atoms with E-state index in [0.29, 0.717) is 6.42 Å². The largest absolute Gasteiger partial charge is 0.469 e. The molecule has 0 aromatic rings. The normalized spacial score (nSPS) is 11.9. The summed E-state index contributed by atoms with van der Waals surface area (Å²) in [7, 11) is 1.46. The Morgan fingerprint density at radius 1 is 0.680 bits per heavy atom. The molecule has 0 amide bonds. The molecule has 0 unspecified atom stereocenters. The van der Waals surface area contributed by atoms with Gasteiger partial charge in [-0.15, -0.1) is 0 Å². The second kappa shape index (κ2) is 20.7. The molecule has 144 valence electrons. The first kappa shape index (κ1) is 23.7. The number of ether oxygens (including phenoxy) is 1. The van der Waals surface area contributed by atoms with E-state index in [-0.39, 0.29) is 5.97 Å². The molecule has 0 aromatic heterocycles. The van der Waals surface area contributed by atoms with E-state index in [4.69, 9.17) is 0 Å². The molecule has 0 aliphatic carbocycles. The number of carbonyl (C=O) groups is 1. The second-order valence-electron chi connectivity index (χ2n) is 6.59. The second-order valence-corrected chi connectivity index (χ2v) is 6.59. The summed E-state index contributed by atoms with van der Waals surface area (Å²) in [5, 5.41) is 0. The molecule has 0 aliphatic heterocycles. The number of allylic oxidation sites excluding steroid dienone is 6. The fraction of sp³-hybridized carbons (Fsp3) is 0.696. The number of methoxy groups -OCH3 is 1. The first-order valence-corrected chi connectivity index (χ1v) is 10.3. The van der Waals surface area contributed by atoms with E-state index in [0.717, 1.165) is 32.1 Å². The maximum absolute atomic E-state index is 11.0. The molecular weight excluding hydrogens is 308 g/mol. The Balaban J connectivity index is 3.19. The van der Waals surface area contributed by atoms with Crippen molar-refractivity contribution in [3.8, 4) is 0 Å². The Hall–Kier alpha value is -1.31. The van der Waals surface area contributed by atoms with Crippen LogP contribution in [0.1, 0.15) is 96.8 Å². The number of hydrogen-bond donors (Lipinski definition) is 0. The highest BCUT2D eigenvalue weighted by atomic mass is 16.5. The van der Waals surface area contributed by atoms with E-state index in [9.17, 15) is 4.79 Å². The van der Waals surface area contributed by atoms with E-state index in [1.807, 2.05) is 0 Å². The van der Waals surface area contributed by atoms with Crippen LogP contribution in [-0.4, -0.2) is 13.1 Å². The van der Waals surface area contributed by atoms with E-state index >= 15 is 0 Å². The third-order valence-corrected chi connectivity index (χ3v) is 4.26. The highest BCUT2D eigenvalue weighted by Crippen LogP contribution is 2.11. The van der Waals surface area contributed by atoms with Crippen LogP contribution in [0.4, 0.5) is 0 Å². The van der Waals surface area contributed by atoms with Gasteiger partial charge in [0.05, 0.1) is 7.11 Å². The lowest BCUT2D eigenvalue weighted by Gasteiger charge is -2.02. The predicted molar refractivity (Wildman–Crippen MR) is 110 cm³/mol. The van der Waals surface area contributed by atoms with E-state index in [1.54, 1.807) is 0 Å². The quantitative estimate of drug-likeness (QED) is 0.156. The van der Waals surface area contributed by atoms with Crippen molar-refractivity contribution < 1.29 is 9.53 Å². The SMILES string of the molecule is CC/C=C/C/C=C/C/C=C/CCCCCCCCCCCC(=O)OC. The highest BCUT2D eigenvalue weighted by molar-refractivity contribution is 5.68. The highest BCUT2D eigenvalue weighted by Gasteiger charge is 1.98. The molecule has 0 aromatic carbocycles. The molecule has 0 saturated carbocycles. The van der Waals surface area contributed by atoms with Crippen molar-refractivity contribution in [2.24, 2.45) is 0 Å². The predicted octanol–water partition coefficient (Wildman–Crippen LogP) is 7.31. The van der Waals surface area contributed by atoms with Gasteiger partial charge in [0, 0.05) is 6.42 Å². The molecule has 0 saturated heterocycles. The number of carbonyl (C=O) groups excluding carboxylic acids is 1. The molecule has 0 atom stereocenters. The van der Waals surface area contributed by atoms with Crippen molar-refractivity contribution in [2.75, 3.05) is 7.11 Å². The van der Waals surface area contributed by atoms with Gasteiger partial charge in [-0.3, -0.25) is 4.79 Å². The lowest BCUT2D eigenvalue weighted by Crippen LogP contribution is -1.99. The van der Waals surface area contributed by atoms with E-state index in [1.165, 1.54) is 58.5 Å². The Morgan fingerprint density at radius 2 is 1.16 bits per heavy atom. The maximum atomic E-state index is 11.0. The van der Waals surface area contributed by atoms with Crippen molar-refractivity contribution in [1.82, 2.24) is 0 Å². The van der Waals surface area contributed by atoms with Gasteiger partial charge in [-0.05, 0) is 38.5 Å². The molecule has 0 aliphatic rings. The monoisotopic (exact) mass is 348 g/mol. The van der Waals surface area contributed by atoms with Crippen molar-refractivity contribution in [3.63, 3.8) is 0 Å². The fourth-order valence-corrected chi connectivity index (χ4v) is 2.70. The van der Waals surface area contributed by atoms with Gasteiger partial charge in [0.1, 0.15) is 0 Å². The topological polar surface area (TPSA) is 26.3 Å². The summed E-state index contributed by atoms with van der Waals surface area (Å²) in [6.07, 6.45) is 30.0. The van der Waals surface area contributed by atoms with Crippen LogP contribution in [0.2, 0.25) is 0 Å². The van der Waals surface area contributed by atoms with Crippen LogP contribution in [-0.2, 0) is 9.53 Å². The Bertz CT molecular complexity index is 366. The zero-order valence-corrected chi connectivity index (χ0v) is 16.7. The number of hydrogen-bond acceptors (Lipinski definition) is 2. The van der Waals surface area contributed by atoms with Crippen LogP contribution in [0.5, 0.6) is 0 Å². The van der Waals surface area contributed by atoms with Gasteiger partial charge in [0.25, 0.3) is 0 Å². The van der Waals surface area contributed by atoms with Gasteiger partial charge in [-0.2, -0.15) is 0 Å². The van der Waals surface area contributed by atoms with Crippen molar-refractivity contribution >= 4 is 5.97 Å². The van der Waals surface area contributed by atoms with Crippen LogP contribution in [0.3, 0.4) is 0 Å². The van der Waals surface area contributed by atoms with Gasteiger partial charge in [-0.1, -0.05) is 88.3 Å². The first-order chi connectivity index (χ1) is 12.3. The summed E-state index contributed by atoms with van der Waals surface area (Å²) in [5.74, 6) is -0.0748. The van der Waals surface area contributed by atoms with Crippen LogP contribution in [0.15, 0.2) is 36.5 Å². The molecule has 0 spiro atoms. The van der Waals surface area contributed by atoms with Gasteiger partial charge < -0.3 is 4.74 Å². The van der Waals surface area contributed by atoms with E-state index in [2.05, 4.69) is 48.1 Å².